The first kappa shape index (κ1) is 18.0. The Morgan fingerprint density at radius 1 is 1.20 bits per heavy atom. The number of ether oxygens (including phenoxy) is 1. The zero-order valence-corrected chi connectivity index (χ0v) is 15.4. The van der Waals surface area contributed by atoms with Crippen molar-refractivity contribution in [2.24, 2.45) is 0 Å². The Kier molecular flexibility index (Phi) is 5.81. The van der Waals surface area contributed by atoms with Crippen molar-refractivity contribution in [2.45, 2.75) is 26.2 Å². The number of aromatic nitrogens is 2. The van der Waals surface area contributed by atoms with Crippen LogP contribution in [-0.2, 0) is 0 Å². The van der Waals surface area contributed by atoms with Gasteiger partial charge < -0.3 is 15.0 Å². The van der Waals surface area contributed by atoms with Crippen LogP contribution in [0, 0.1) is 5.82 Å². The van der Waals surface area contributed by atoms with Crippen LogP contribution in [0.1, 0.15) is 26.2 Å². The van der Waals surface area contributed by atoms with Crippen molar-refractivity contribution >= 4 is 34.7 Å². The van der Waals surface area contributed by atoms with E-state index in [0.717, 1.165) is 44.6 Å². The minimum atomic E-state index is -0.607. The largest absolute Gasteiger partial charge is 0.433 e. The average Bonchev–Trinajstić information content (AvgIpc) is 3.12. The topological polar surface area (TPSA) is 50.3 Å². The molecule has 1 aliphatic rings. The maximum absolute atomic E-state index is 14.7. The van der Waals surface area contributed by atoms with Crippen molar-refractivity contribution in [3.05, 3.63) is 34.3 Å². The third-order valence-electron chi connectivity index (χ3n) is 3.92. The van der Waals surface area contributed by atoms with Crippen molar-refractivity contribution in [3.8, 4) is 11.6 Å². The molecule has 0 aliphatic carbocycles. The van der Waals surface area contributed by atoms with Gasteiger partial charge in [-0.3, -0.25) is 0 Å². The number of nitrogens with one attached hydrogen (secondary N) is 1. The molecule has 1 saturated heterocycles. The summed E-state index contributed by atoms with van der Waals surface area (Å²) in [5.41, 5.74) is 0.783. The smallest absolute Gasteiger partial charge is 0.261 e. The lowest BCUT2D eigenvalue weighted by Gasteiger charge is -2.18. The van der Waals surface area contributed by atoms with Gasteiger partial charge in [-0.25, -0.2) is 4.98 Å². The van der Waals surface area contributed by atoms with Gasteiger partial charge in [0.2, 0.25) is 5.82 Å². The molecule has 2 heterocycles. The van der Waals surface area contributed by atoms with Crippen LogP contribution in [0.4, 0.5) is 15.9 Å². The maximum atomic E-state index is 14.7. The molecular weight excluding hydrogens is 366 g/mol. The maximum Gasteiger partial charge on any atom is 0.261 e. The number of nitrogens with zero attached hydrogens (tertiary/aromatic N) is 3. The molecule has 1 N–H and O–H groups in total. The van der Waals surface area contributed by atoms with E-state index in [4.69, 9.17) is 27.9 Å². The monoisotopic (exact) mass is 384 g/mol. The molecule has 0 amide bonds. The van der Waals surface area contributed by atoms with Crippen molar-refractivity contribution in [2.75, 3.05) is 29.9 Å². The Labute approximate surface area is 156 Å². The number of anilines is 2. The molecular formula is C17H19Cl2FN4O. The van der Waals surface area contributed by atoms with Gasteiger partial charge in [-0.05, 0) is 31.4 Å². The summed E-state index contributed by atoms with van der Waals surface area (Å²) in [4.78, 5) is 9.81. The number of rotatable bonds is 6. The van der Waals surface area contributed by atoms with E-state index in [9.17, 15) is 4.39 Å². The van der Waals surface area contributed by atoms with E-state index in [1.807, 2.05) is 4.90 Å². The first-order valence-corrected chi connectivity index (χ1v) is 9.02. The minimum Gasteiger partial charge on any atom is -0.433 e. The predicted octanol–water partition coefficient (Wildman–Crippen LogP) is 5.14. The predicted molar refractivity (Wildman–Crippen MR) is 98.8 cm³/mol. The molecule has 0 radical (unpaired) electrons. The summed E-state index contributed by atoms with van der Waals surface area (Å²) in [6.45, 7) is 4.40. The lowest BCUT2D eigenvalue weighted by molar-refractivity contribution is 0.420. The van der Waals surface area contributed by atoms with E-state index in [2.05, 4.69) is 22.2 Å². The quantitative estimate of drug-likeness (QED) is 0.747. The summed E-state index contributed by atoms with van der Waals surface area (Å²) in [5.74, 6) is -0.369. The molecule has 5 nitrogen and oxygen atoms in total. The Hall–Kier alpha value is -1.79. The fourth-order valence-corrected chi connectivity index (χ4v) is 3.26. The zero-order valence-electron chi connectivity index (χ0n) is 13.9. The molecule has 8 heteroatoms. The second-order valence-electron chi connectivity index (χ2n) is 5.81. The lowest BCUT2D eigenvalue weighted by Crippen LogP contribution is -2.20. The highest BCUT2D eigenvalue weighted by molar-refractivity contribution is 6.37. The molecule has 1 aromatic carbocycles. The molecule has 25 heavy (non-hydrogen) atoms. The summed E-state index contributed by atoms with van der Waals surface area (Å²) < 4.78 is 20.3. The van der Waals surface area contributed by atoms with Gasteiger partial charge in [-0.15, -0.1) is 0 Å². The highest BCUT2D eigenvalue weighted by atomic mass is 35.5. The van der Waals surface area contributed by atoms with Gasteiger partial charge in [0.25, 0.3) is 5.88 Å². The van der Waals surface area contributed by atoms with Gasteiger partial charge >= 0.3 is 0 Å². The molecule has 1 aliphatic heterocycles. The number of benzene rings is 1. The van der Waals surface area contributed by atoms with E-state index >= 15 is 0 Å². The average molecular weight is 385 g/mol. The number of hydrogen-bond acceptors (Lipinski definition) is 5. The molecule has 2 aromatic rings. The van der Waals surface area contributed by atoms with E-state index in [1.54, 1.807) is 12.1 Å². The van der Waals surface area contributed by atoms with Crippen molar-refractivity contribution in [3.63, 3.8) is 0 Å². The van der Waals surface area contributed by atoms with Crippen molar-refractivity contribution in [1.29, 1.82) is 0 Å². The Morgan fingerprint density at radius 2 is 1.88 bits per heavy atom. The third kappa shape index (κ3) is 4.07. The molecule has 1 fully saturated rings. The van der Waals surface area contributed by atoms with Crippen LogP contribution in [-0.4, -0.2) is 29.6 Å². The van der Waals surface area contributed by atoms with Gasteiger partial charge in [-0.2, -0.15) is 9.37 Å². The number of halogens is 3. The van der Waals surface area contributed by atoms with Gasteiger partial charge in [0.15, 0.2) is 11.6 Å². The van der Waals surface area contributed by atoms with Crippen LogP contribution in [0.2, 0.25) is 10.0 Å². The molecule has 134 valence electrons. The second-order valence-corrected chi connectivity index (χ2v) is 6.62. The Balaban J connectivity index is 1.86. The molecule has 1 aromatic heterocycles. The highest BCUT2D eigenvalue weighted by Gasteiger charge is 2.22. The molecule has 0 atom stereocenters. The van der Waals surface area contributed by atoms with E-state index < -0.39 is 5.82 Å². The van der Waals surface area contributed by atoms with E-state index in [0.29, 0.717) is 0 Å². The number of hydrogen-bond donors (Lipinski definition) is 1. The molecule has 0 unspecified atom stereocenters. The third-order valence-corrected chi connectivity index (χ3v) is 4.48. The van der Waals surface area contributed by atoms with Crippen LogP contribution in [0.5, 0.6) is 11.6 Å². The summed E-state index contributed by atoms with van der Waals surface area (Å²) >= 11 is 12.5. The van der Waals surface area contributed by atoms with Crippen LogP contribution in [0.3, 0.4) is 0 Å². The summed E-state index contributed by atoms with van der Waals surface area (Å²) in [6.07, 6.45) is 4.29. The second kappa shape index (κ2) is 8.06. The standard InChI is InChI=1S/C17H19Cl2FN4O/c1-2-5-21-11-8-12(18)15(13(19)9-11)25-17-14(20)16(22-10-23-17)24-6-3-4-7-24/h8-10,21H,2-7H2,1H3. The van der Waals surface area contributed by atoms with Gasteiger partial charge in [0, 0.05) is 25.3 Å². The highest BCUT2D eigenvalue weighted by Crippen LogP contribution is 2.39. The van der Waals surface area contributed by atoms with Gasteiger partial charge in [0.1, 0.15) is 6.33 Å². The van der Waals surface area contributed by atoms with Crippen LogP contribution < -0.4 is 15.0 Å². The van der Waals surface area contributed by atoms with Crippen LogP contribution in [0.25, 0.3) is 0 Å². The first-order chi connectivity index (χ1) is 12.1. The first-order valence-electron chi connectivity index (χ1n) is 8.26. The summed E-state index contributed by atoms with van der Waals surface area (Å²) in [7, 11) is 0. The van der Waals surface area contributed by atoms with Crippen LogP contribution in [0.15, 0.2) is 18.5 Å². The molecule has 0 saturated carbocycles. The fourth-order valence-electron chi connectivity index (χ4n) is 2.69. The Bertz CT molecular complexity index is 730. The molecule has 3 rings (SSSR count). The fraction of sp³-hybridized carbons (Fsp3) is 0.412. The lowest BCUT2D eigenvalue weighted by atomic mass is 10.3. The Morgan fingerprint density at radius 3 is 2.52 bits per heavy atom. The molecule has 0 spiro atoms. The summed E-state index contributed by atoms with van der Waals surface area (Å²) in [6, 6.07) is 3.39. The van der Waals surface area contributed by atoms with E-state index in [-0.39, 0.29) is 27.5 Å². The van der Waals surface area contributed by atoms with Gasteiger partial charge in [0.05, 0.1) is 10.0 Å². The van der Waals surface area contributed by atoms with E-state index in [1.165, 1.54) is 6.33 Å². The normalized spacial score (nSPS) is 14.0. The van der Waals surface area contributed by atoms with Crippen molar-refractivity contribution in [1.82, 2.24) is 9.97 Å². The summed E-state index contributed by atoms with van der Waals surface area (Å²) in [5, 5.41) is 3.76. The van der Waals surface area contributed by atoms with Crippen molar-refractivity contribution < 1.29 is 9.13 Å². The van der Waals surface area contributed by atoms with Gasteiger partial charge in [-0.1, -0.05) is 30.1 Å². The van der Waals surface area contributed by atoms with Crippen LogP contribution >= 0.6 is 23.2 Å². The SMILES string of the molecule is CCCNc1cc(Cl)c(Oc2ncnc(N3CCCC3)c2F)c(Cl)c1. The zero-order chi connectivity index (χ0) is 17.8. The minimum absolute atomic E-state index is 0.176. The molecule has 0 bridgehead atoms.